The normalized spacial score (nSPS) is 10.2. The first kappa shape index (κ1) is 14.6. The fourth-order valence-corrected chi connectivity index (χ4v) is 2.04. The lowest BCUT2D eigenvalue weighted by Crippen LogP contribution is -2.27. The van der Waals surface area contributed by atoms with E-state index in [4.69, 9.17) is 4.74 Å². The summed E-state index contributed by atoms with van der Waals surface area (Å²) in [6.07, 6.45) is 4.50. The minimum absolute atomic E-state index is 0.0217. The van der Waals surface area contributed by atoms with Gasteiger partial charge in [-0.25, -0.2) is 4.98 Å². The molecule has 0 aliphatic rings. The summed E-state index contributed by atoms with van der Waals surface area (Å²) in [5.41, 5.74) is 0. The summed E-state index contributed by atoms with van der Waals surface area (Å²) in [4.78, 5) is 18.7. The van der Waals surface area contributed by atoms with Crippen LogP contribution in [0.4, 0.5) is 0 Å². The van der Waals surface area contributed by atoms with Crippen molar-refractivity contribution in [2.24, 2.45) is 0 Å². The lowest BCUT2D eigenvalue weighted by atomic mass is 10.3. The number of imidazole rings is 1. The van der Waals surface area contributed by atoms with Crippen molar-refractivity contribution in [3.63, 3.8) is 0 Å². The first-order chi connectivity index (χ1) is 9.74. The van der Waals surface area contributed by atoms with Gasteiger partial charge in [-0.05, 0) is 18.2 Å². The number of aromatic nitrogens is 2. The third kappa shape index (κ3) is 5.05. The summed E-state index contributed by atoms with van der Waals surface area (Å²) < 4.78 is 6.46. The van der Waals surface area contributed by atoms with Gasteiger partial charge in [-0.15, -0.1) is 0 Å². The zero-order valence-corrected chi connectivity index (χ0v) is 12.5. The molecule has 2 rings (SSSR count). The molecule has 0 saturated carbocycles. The van der Waals surface area contributed by atoms with Crippen LogP contribution in [0.25, 0.3) is 0 Å². The molecule has 0 spiro atoms. The van der Waals surface area contributed by atoms with Crippen molar-refractivity contribution in [1.82, 2.24) is 15.3 Å². The van der Waals surface area contributed by atoms with Crippen LogP contribution in [0.15, 0.2) is 41.1 Å². The zero-order valence-electron chi connectivity index (χ0n) is 10.9. The van der Waals surface area contributed by atoms with Crippen LogP contribution in [-0.2, 0) is 11.2 Å². The molecule has 0 atom stereocenters. The van der Waals surface area contributed by atoms with Crippen LogP contribution in [0, 0.1) is 0 Å². The van der Waals surface area contributed by atoms with E-state index in [1.807, 2.05) is 24.3 Å². The van der Waals surface area contributed by atoms with Crippen LogP contribution >= 0.6 is 15.9 Å². The first-order valence-electron chi connectivity index (χ1n) is 6.37. The number of benzene rings is 1. The van der Waals surface area contributed by atoms with E-state index in [0.29, 0.717) is 26.0 Å². The molecule has 2 N–H and O–H groups in total. The van der Waals surface area contributed by atoms with Crippen LogP contribution < -0.4 is 10.1 Å². The van der Waals surface area contributed by atoms with Crippen molar-refractivity contribution in [2.45, 2.75) is 12.8 Å². The molecule has 0 radical (unpaired) electrons. The molecule has 1 amide bonds. The van der Waals surface area contributed by atoms with Crippen LogP contribution in [-0.4, -0.2) is 29.0 Å². The molecule has 1 aromatic carbocycles. The van der Waals surface area contributed by atoms with Gasteiger partial charge < -0.3 is 15.0 Å². The second kappa shape index (κ2) is 7.69. The molecule has 0 aliphatic heterocycles. The fraction of sp³-hybridized carbons (Fsp3) is 0.286. The van der Waals surface area contributed by atoms with Gasteiger partial charge in [0.2, 0.25) is 5.91 Å². The Morgan fingerprint density at radius 3 is 3.10 bits per heavy atom. The van der Waals surface area contributed by atoms with Gasteiger partial charge in [0.05, 0.1) is 13.0 Å². The Hall–Kier alpha value is -1.82. The summed E-state index contributed by atoms with van der Waals surface area (Å²) >= 11 is 3.37. The number of aromatic amines is 1. The number of nitrogens with one attached hydrogen (secondary N) is 2. The van der Waals surface area contributed by atoms with Gasteiger partial charge in [-0.3, -0.25) is 4.79 Å². The van der Waals surface area contributed by atoms with Crippen LogP contribution in [0.2, 0.25) is 0 Å². The molecule has 5 nitrogen and oxygen atoms in total. The SMILES string of the molecule is O=C(CCOc1cccc(Br)c1)NCCc1ncc[nH]1. The van der Waals surface area contributed by atoms with Crippen molar-refractivity contribution in [2.75, 3.05) is 13.2 Å². The van der Waals surface area contributed by atoms with Gasteiger partial charge in [0.15, 0.2) is 0 Å². The van der Waals surface area contributed by atoms with E-state index in [-0.39, 0.29) is 5.91 Å². The molecular formula is C14H16BrN3O2. The maximum atomic E-state index is 11.6. The molecule has 0 bridgehead atoms. The highest BCUT2D eigenvalue weighted by atomic mass is 79.9. The Morgan fingerprint density at radius 1 is 1.45 bits per heavy atom. The van der Waals surface area contributed by atoms with Crippen LogP contribution in [0.3, 0.4) is 0 Å². The minimum Gasteiger partial charge on any atom is -0.493 e. The summed E-state index contributed by atoms with van der Waals surface area (Å²) in [7, 11) is 0. The van der Waals surface area contributed by atoms with Gasteiger partial charge in [0.1, 0.15) is 11.6 Å². The highest BCUT2D eigenvalue weighted by molar-refractivity contribution is 9.10. The maximum absolute atomic E-state index is 11.6. The summed E-state index contributed by atoms with van der Waals surface area (Å²) in [6, 6.07) is 7.55. The Balaban J connectivity index is 1.60. The minimum atomic E-state index is -0.0217. The predicted molar refractivity (Wildman–Crippen MR) is 79.6 cm³/mol. The number of carbonyl (C=O) groups is 1. The van der Waals surface area contributed by atoms with E-state index >= 15 is 0 Å². The number of rotatable bonds is 7. The Labute approximate surface area is 125 Å². The Kier molecular flexibility index (Phi) is 5.61. The third-order valence-electron chi connectivity index (χ3n) is 2.63. The molecule has 106 valence electrons. The lowest BCUT2D eigenvalue weighted by molar-refractivity contribution is -0.121. The highest BCUT2D eigenvalue weighted by Crippen LogP contribution is 2.17. The average Bonchev–Trinajstić information content (AvgIpc) is 2.92. The Morgan fingerprint density at radius 2 is 2.35 bits per heavy atom. The monoisotopic (exact) mass is 337 g/mol. The van der Waals surface area contributed by atoms with Gasteiger partial charge >= 0.3 is 0 Å². The number of ether oxygens (including phenoxy) is 1. The maximum Gasteiger partial charge on any atom is 0.223 e. The molecule has 0 saturated heterocycles. The number of hydrogen-bond acceptors (Lipinski definition) is 3. The van der Waals surface area contributed by atoms with Gasteiger partial charge in [-0.2, -0.15) is 0 Å². The van der Waals surface area contributed by atoms with Crippen molar-refractivity contribution in [3.8, 4) is 5.75 Å². The summed E-state index contributed by atoms with van der Waals surface area (Å²) in [5.74, 6) is 1.60. The number of H-pyrrole nitrogens is 1. The standard InChI is InChI=1S/C14H16BrN3O2/c15-11-2-1-3-12(10-11)20-9-5-14(19)18-6-4-13-16-7-8-17-13/h1-3,7-8,10H,4-6,9H2,(H,16,17)(H,18,19). The molecule has 6 heteroatoms. The fourth-order valence-electron chi connectivity index (χ4n) is 1.66. The van der Waals surface area contributed by atoms with Gasteiger partial charge in [0, 0.05) is 29.8 Å². The Bertz CT molecular complexity index is 543. The summed E-state index contributed by atoms with van der Waals surface area (Å²) in [6.45, 7) is 0.937. The number of carbonyl (C=O) groups excluding carboxylic acids is 1. The number of nitrogens with zero attached hydrogens (tertiary/aromatic N) is 1. The predicted octanol–water partition coefficient (Wildman–Crippen LogP) is 2.30. The topological polar surface area (TPSA) is 67.0 Å². The number of amides is 1. The first-order valence-corrected chi connectivity index (χ1v) is 7.16. The van der Waals surface area contributed by atoms with Crippen LogP contribution in [0.1, 0.15) is 12.2 Å². The third-order valence-corrected chi connectivity index (χ3v) is 3.13. The molecule has 0 fully saturated rings. The quantitative estimate of drug-likeness (QED) is 0.814. The summed E-state index contributed by atoms with van der Waals surface area (Å²) in [5, 5.41) is 2.83. The number of hydrogen-bond donors (Lipinski definition) is 2. The van der Waals surface area contributed by atoms with Crippen molar-refractivity contribution < 1.29 is 9.53 Å². The van der Waals surface area contributed by atoms with Crippen molar-refractivity contribution >= 4 is 21.8 Å². The smallest absolute Gasteiger partial charge is 0.223 e. The molecule has 20 heavy (non-hydrogen) atoms. The highest BCUT2D eigenvalue weighted by Gasteiger charge is 2.02. The van der Waals surface area contributed by atoms with Crippen molar-refractivity contribution in [1.29, 1.82) is 0 Å². The van der Waals surface area contributed by atoms with Crippen LogP contribution in [0.5, 0.6) is 5.75 Å². The van der Waals surface area contributed by atoms with E-state index in [0.717, 1.165) is 16.0 Å². The van der Waals surface area contributed by atoms with E-state index in [9.17, 15) is 4.79 Å². The largest absolute Gasteiger partial charge is 0.493 e. The molecule has 0 unspecified atom stereocenters. The van der Waals surface area contributed by atoms with E-state index in [1.54, 1.807) is 12.4 Å². The lowest BCUT2D eigenvalue weighted by Gasteiger charge is -2.07. The molecule has 0 aliphatic carbocycles. The van der Waals surface area contributed by atoms with Crippen molar-refractivity contribution in [3.05, 3.63) is 47.0 Å². The van der Waals surface area contributed by atoms with E-state index in [1.165, 1.54) is 0 Å². The second-order valence-electron chi connectivity index (χ2n) is 4.19. The second-order valence-corrected chi connectivity index (χ2v) is 5.11. The van der Waals surface area contributed by atoms with Gasteiger partial charge in [-0.1, -0.05) is 22.0 Å². The van der Waals surface area contributed by atoms with E-state index in [2.05, 4.69) is 31.2 Å². The molecule has 1 aromatic heterocycles. The molecule has 2 aromatic rings. The molecule has 1 heterocycles. The zero-order chi connectivity index (χ0) is 14.2. The molecular weight excluding hydrogens is 322 g/mol. The number of halogens is 1. The average molecular weight is 338 g/mol. The van der Waals surface area contributed by atoms with Gasteiger partial charge in [0.25, 0.3) is 0 Å². The van der Waals surface area contributed by atoms with E-state index < -0.39 is 0 Å².